The largest absolute Gasteiger partial charge is 0.464 e. The molecule has 0 bridgehead atoms. The lowest BCUT2D eigenvalue weighted by Crippen LogP contribution is -2.38. The second-order valence-electron chi connectivity index (χ2n) is 7.92. The van der Waals surface area contributed by atoms with Gasteiger partial charge < -0.3 is 14.1 Å². The van der Waals surface area contributed by atoms with Crippen molar-refractivity contribution < 1.29 is 13.9 Å². The lowest BCUT2D eigenvalue weighted by atomic mass is 10.0. The average molecular weight is 339 g/mol. The summed E-state index contributed by atoms with van der Waals surface area (Å²) in [6.07, 6.45) is 9.17. The highest BCUT2D eigenvalue weighted by Crippen LogP contribution is 2.33. The van der Waals surface area contributed by atoms with E-state index in [2.05, 4.69) is 17.0 Å². The molecule has 2 aliphatic carbocycles. The molecular formula is C21H25NO3. The first kappa shape index (κ1) is 15.4. The van der Waals surface area contributed by atoms with Crippen LogP contribution in [-0.4, -0.2) is 36.6 Å². The number of hydrogen-bond donors (Lipinski definition) is 0. The zero-order valence-corrected chi connectivity index (χ0v) is 14.6. The summed E-state index contributed by atoms with van der Waals surface area (Å²) in [4.78, 5) is 15.1. The highest BCUT2D eigenvalue weighted by molar-refractivity contribution is 5.89. The fraction of sp³-hybridized carbons (Fsp3) is 0.571. The number of carbonyl (C=O) groups is 1. The fourth-order valence-electron chi connectivity index (χ4n) is 4.40. The van der Waals surface area contributed by atoms with Crippen LogP contribution in [0.3, 0.4) is 0 Å². The van der Waals surface area contributed by atoms with Gasteiger partial charge in [-0.1, -0.05) is 0 Å². The number of rotatable bonds is 5. The zero-order chi connectivity index (χ0) is 16.8. The normalized spacial score (nSPS) is 22.5. The van der Waals surface area contributed by atoms with Crippen molar-refractivity contribution in [3.8, 4) is 0 Å². The van der Waals surface area contributed by atoms with Gasteiger partial charge in [-0.2, -0.15) is 0 Å². The maximum Gasteiger partial charge on any atom is 0.227 e. The summed E-state index contributed by atoms with van der Waals surface area (Å²) >= 11 is 0. The third-order valence-corrected chi connectivity index (χ3v) is 6.00. The van der Waals surface area contributed by atoms with Gasteiger partial charge >= 0.3 is 0 Å². The van der Waals surface area contributed by atoms with Crippen molar-refractivity contribution in [2.45, 2.75) is 51.0 Å². The van der Waals surface area contributed by atoms with Gasteiger partial charge in [-0.05, 0) is 61.8 Å². The Labute approximate surface area is 148 Å². The van der Waals surface area contributed by atoms with Crippen molar-refractivity contribution in [2.24, 2.45) is 5.92 Å². The average Bonchev–Trinajstić information content (AvgIpc) is 3.00. The quantitative estimate of drug-likeness (QED) is 0.837. The third-order valence-electron chi connectivity index (χ3n) is 6.00. The highest BCUT2D eigenvalue weighted by atomic mass is 16.5. The van der Waals surface area contributed by atoms with E-state index in [1.54, 1.807) is 6.26 Å². The molecule has 1 aromatic carbocycles. The van der Waals surface area contributed by atoms with Crippen molar-refractivity contribution in [1.82, 2.24) is 4.90 Å². The molecule has 0 unspecified atom stereocenters. The fourth-order valence-corrected chi connectivity index (χ4v) is 4.40. The molecule has 0 radical (unpaired) electrons. The van der Waals surface area contributed by atoms with Crippen molar-refractivity contribution >= 4 is 16.9 Å². The lowest BCUT2D eigenvalue weighted by molar-refractivity contribution is -0.131. The highest BCUT2D eigenvalue weighted by Gasteiger charge is 2.35. The van der Waals surface area contributed by atoms with Gasteiger partial charge in [0.15, 0.2) is 0 Å². The monoisotopic (exact) mass is 339 g/mol. The number of benzene rings is 1. The number of amides is 1. The molecule has 2 heterocycles. The van der Waals surface area contributed by atoms with Gasteiger partial charge in [0.2, 0.25) is 5.91 Å². The lowest BCUT2D eigenvalue weighted by Gasteiger charge is -2.25. The molecule has 1 saturated heterocycles. The summed E-state index contributed by atoms with van der Waals surface area (Å²) in [5, 5.41) is 1.13. The molecule has 0 N–H and O–H groups in total. The predicted molar refractivity (Wildman–Crippen MR) is 95.6 cm³/mol. The van der Waals surface area contributed by atoms with Crippen LogP contribution in [-0.2, 0) is 28.8 Å². The minimum atomic E-state index is 0.248. The summed E-state index contributed by atoms with van der Waals surface area (Å²) in [7, 11) is 0. The number of furan rings is 1. The summed E-state index contributed by atoms with van der Waals surface area (Å²) in [5.74, 6) is 0.756. The molecule has 4 nitrogen and oxygen atoms in total. The van der Waals surface area contributed by atoms with Gasteiger partial charge in [-0.3, -0.25) is 4.79 Å². The first-order valence-corrected chi connectivity index (χ1v) is 9.67. The van der Waals surface area contributed by atoms with Crippen molar-refractivity contribution in [1.29, 1.82) is 0 Å². The summed E-state index contributed by atoms with van der Waals surface area (Å²) in [5.41, 5.74) is 4.83. The Morgan fingerprint density at radius 3 is 2.76 bits per heavy atom. The Bertz CT molecular complexity index is 799. The Balaban J connectivity index is 1.36. The Kier molecular flexibility index (Phi) is 3.81. The zero-order valence-electron chi connectivity index (χ0n) is 14.6. The molecule has 132 valence electrons. The van der Waals surface area contributed by atoms with Crippen LogP contribution in [0.25, 0.3) is 11.0 Å². The van der Waals surface area contributed by atoms with Gasteiger partial charge in [-0.15, -0.1) is 0 Å². The molecule has 1 atom stereocenters. The van der Waals surface area contributed by atoms with Gasteiger partial charge in [0.1, 0.15) is 5.58 Å². The minimum absolute atomic E-state index is 0.248. The number of hydrogen-bond acceptors (Lipinski definition) is 3. The van der Waals surface area contributed by atoms with Crippen LogP contribution in [0.5, 0.6) is 0 Å². The third kappa shape index (κ3) is 2.97. The maximum atomic E-state index is 13.0. The second kappa shape index (κ2) is 6.17. The van der Waals surface area contributed by atoms with Gasteiger partial charge in [-0.25, -0.2) is 0 Å². The SMILES string of the molecule is O=C(Cc1coc2cc3c(cc12)CCC3)N(C[C@H]1CCOC1)C1CC1. The molecule has 1 aromatic heterocycles. The minimum Gasteiger partial charge on any atom is -0.464 e. The van der Waals surface area contributed by atoms with Crippen LogP contribution in [0.15, 0.2) is 22.8 Å². The van der Waals surface area contributed by atoms with Crippen LogP contribution in [0.2, 0.25) is 0 Å². The number of carbonyl (C=O) groups excluding carboxylic acids is 1. The van der Waals surface area contributed by atoms with E-state index in [9.17, 15) is 4.79 Å². The summed E-state index contributed by atoms with van der Waals surface area (Å²) < 4.78 is 11.3. The van der Waals surface area contributed by atoms with Crippen LogP contribution in [0, 0.1) is 5.92 Å². The van der Waals surface area contributed by atoms with Crippen molar-refractivity contribution in [3.05, 3.63) is 35.1 Å². The molecule has 0 spiro atoms. The first-order chi connectivity index (χ1) is 12.3. The second-order valence-corrected chi connectivity index (χ2v) is 7.92. The molecular weight excluding hydrogens is 314 g/mol. The van der Waals surface area contributed by atoms with Crippen LogP contribution in [0.4, 0.5) is 0 Å². The molecule has 2 aromatic rings. The molecule has 4 heteroatoms. The molecule has 1 amide bonds. The van der Waals surface area contributed by atoms with Crippen LogP contribution >= 0.6 is 0 Å². The van der Waals surface area contributed by atoms with E-state index in [-0.39, 0.29) is 5.91 Å². The number of ether oxygens (including phenoxy) is 1. The number of fused-ring (bicyclic) bond motifs is 2. The Morgan fingerprint density at radius 2 is 2.00 bits per heavy atom. The van der Waals surface area contributed by atoms with E-state index >= 15 is 0 Å². The Hall–Kier alpha value is -1.81. The van der Waals surface area contributed by atoms with Crippen molar-refractivity contribution in [3.63, 3.8) is 0 Å². The molecule has 1 aliphatic heterocycles. The van der Waals surface area contributed by atoms with Crippen LogP contribution in [0.1, 0.15) is 42.4 Å². The standard InChI is InChI=1S/C21H25NO3/c23-21(22(18-4-5-18)11-14-6-7-24-12-14)10-17-13-25-20-9-16-3-1-2-15(16)8-19(17)20/h8-9,13-14,18H,1-7,10-12H2/t14-/m1/s1. The molecule has 5 rings (SSSR count). The molecule has 3 aliphatic rings. The van der Waals surface area contributed by atoms with E-state index in [0.29, 0.717) is 18.4 Å². The molecule has 25 heavy (non-hydrogen) atoms. The van der Waals surface area contributed by atoms with E-state index in [0.717, 1.165) is 68.4 Å². The van der Waals surface area contributed by atoms with Crippen molar-refractivity contribution in [2.75, 3.05) is 19.8 Å². The first-order valence-electron chi connectivity index (χ1n) is 9.67. The molecule has 2 fully saturated rings. The van der Waals surface area contributed by atoms with E-state index in [4.69, 9.17) is 9.15 Å². The summed E-state index contributed by atoms with van der Waals surface area (Å²) in [6.45, 7) is 2.50. The van der Waals surface area contributed by atoms with Gasteiger partial charge in [0.25, 0.3) is 0 Å². The summed E-state index contributed by atoms with van der Waals surface area (Å²) in [6, 6.07) is 4.89. The van der Waals surface area contributed by atoms with E-state index in [1.165, 1.54) is 17.5 Å². The smallest absolute Gasteiger partial charge is 0.227 e. The van der Waals surface area contributed by atoms with Crippen LogP contribution < -0.4 is 0 Å². The van der Waals surface area contributed by atoms with E-state index < -0.39 is 0 Å². The molecule has 1 saturated carbocycles. The predicted octanol–water partition coefficient (Wildman–Crippen LogP) is 3.49. The maximum absolute atomic E-state index is 13.0. The van der Waals surface area contributed by atoms with Gasteiger partial charge in [0.05, 0.1) is 19.3 Å². The topological polar surface area (TPSA) is 42.7 Å². The van der Waals surface area contributed by atoms with E-state index in [1.807, 2.05) is 0 Å². The number of aryl methyl sites for hydroxylation is 2. The Morgan fingerprint density at radius 1 is 1.16 bits per heavy atom. The van der Waals surface area contributed by atoms with Gasteiger partial charge in [0, 0.05) is 36.1 Å². The number of nitrogens with zero attached hydrogens (tertiary/aromatic N) is 1.